The number of pyridine rings is 1. The van der Waals surface area contributed by atoms with Crippen LogP contribution in [0.1, 0.15) is 45.9 Å². The van der Waals surface area contributed by atoms with Crippen LogP contribution in [-0.2, 0) is 13.0 Å². The van der Waals surface area contributed by atoms with Gasteiger partial charge in [-0.1, -0.05) is 34.6 Å². The molecule has 1 aromatic heterocycles. The Balaban J connectivity index is 2.17. The molecule has 1 aliphatic rings. The first-order chi connectivity index (χ1) is 9.49. The van der Waals surface area contributed by atoms with Gasteiger partial charge in [0, 0.05) is 31.4 Å². The van der Waals surface area contributed by atoms with Crippen molar-refractivity contribution in [3.05, 3.63) is 23.4 Å². The highest BCUT2D eigenvalue weighted by molar-refractivity contribution is 5.44. The van der Waals surface area contributed by atoms with E-state index in [0.717, 1.165) is 37.9 Å². The van der Waals surface area contributed by atoms with Gasteiger partial charge in [-0.2, -0.15) is 0 Å². The Hall–Kier alpha value is -1.09. The highest BCUT2D eigenvalue weighted by atomic mass is 15.2. The minimum absolute atomic E-state index is 0.517. The smallest absolute Gasteiger partial charge is 0.129 e. The van der Waals surface area contributed by atoms with E-state index in [-0.39, 0.29) is 0 Å². The fourth-order valence-corrected chi connectivity index (χ4v) is 2.72. The highest BCUT2D eigenvalue weighted by Gasteiger charge is 2.27. The molecule has 1 fully saturated rings. The van der Waals surface area contributed by atoms with Gasteiger partial charge in [0.2, 0.25) is 0 Å². The summed E-state index contributed by atoms with van der Waals surface area (Å²) in [6, 6.07) is 5.02. The maximum Gasteiger partial charge on any atom is 0.129 e. The average molecular weight is 275 g/mol. The van der Waals surface area contributed by atoms with Gasteiger partial charge in [0.05, 0.1) is 0 Å². The van der Waals surface area contributed by atoms with Crippen molar-refractivity contribution in [2.24, 2.45) is 11.8 Å². The maximum absolute atomic E-state index is 4.83. The molecule has 2 unspecified atom stereocenters. The third-order valence-electron chi connectivity index (χ3n) is 4.31. The monoisotopic (exact) mass is 275 g/mol. The Morgan fingerprint density at radius 1 is 1.25 bits per heavy atom. The molecule has 1 aliphatic heterocycles. The quantitative estimate of drug-likeness (QED) is 0.894. The van der Waals surface area contributed by atoms with Gasteiger partial charge in [-0.05, 0) is 36.0 Å². The zero-order chi connectivity index (χ0) is 14.7. The molecule has 1 N–H and O–H groups in total. The molecule has 2 heterocycles. The van der Waals surface area contributed by atoms with Crippen molar-refractivity contribution in [3.8, 4) is 0 Å². The topological polar surface area (TPSA) is 28.2 Å². The molecule has 0 spiro atoms. The van der Waals surface area contributed by atoms with Crippen molar-refractivity contribution < 1.29 is 0 Å². The van der Waals surface area contributed by atoms with Gasteiger partial charge in [0.25, 0.3) is 0 Å². The van der Waals surface area contributed by atoms with Crippen molar-refractivity contribution in [1.82, 2.24) is 10.3 Å². The summed E-state index contributed by atoms with van der Waals surface area (Å²) in [5.74, 6) is 2.69. The van der Waals surface area contributed by atoms with Gasteiger partial charge in [-0.15, -0.1) is 0 Å². The molecular weight excluding hydrogens is 246 g/mol. The van der Waals surface area contributed by atoms with Gasteiger partial charge in [-0.25, -0.2) is 4.98 Å². The number of rotatable bonds is 5. The van der Waals surface area contributed by atoms with Gasteiger partial charge in [0.15, 0.2) is 0 Å². The standard InChI is InChI=1S/C17H29N3/c1-6-16-7-15(9-18-12(2)3)8-17(19-16)20-10-13(4)14(5)11-20/h7-8,12-14,18H,6,9-11H2,1-5H3. The SMILES string of the molecule is CCc1cc(CNC(C)C)cc(N2CC(C)C(C)C2)n1. The summed E-state index contributed by atoms with van der Waals surface area (Å²) in [5.41, 5.74) is 2.56. The van der Waals surface area contributed by atoms with Crippen LogP contribution < -0.4 is 10.2 Å². The van der Waals surface area contributed by atoms with Gasteiger partial charge < -0.3 is 10.2 Å². The van der Waals surface area contributed by atoms with Crippen LogP contribution in [0.4, 0.5) is 5.82 Å². The lowest BCUT2D eigenvalue weighted by atomic mass is 10.0. The van der Waals surface area contributed by atoms with E-state index >= 15 is 0 Å². The second-order valence-electron chi connectivity index (χ2n) is 6.57. The van der Waals surface area contributed by atoms with Crippen LogP contribution >= 0.6 is 0 Å². The fraction of sp³-hybridized carbons (Fsp3) is 0.706. The van der Waals surface area contributed by atoms with E-state index in [4.69, 9.17) is 4.98 Å². The Labute approximate surface area is 123 Å². The second-order valence-corrected chi connectivity index (χ2v) is 6.57. The summed E-state index contributed by atoms with van der Waals surface area (Å²) in [4.78, 5) is 7.28. The van der Waals surface area contributed by atoms with E-state index < -0.39 is 0 Å². The number of nitrogens with one attached hydrogen (secondary N) is 1. The van der Waals surface area contributed by atoms with E-state index in [1.165, 1.54) is 17.1 Å². The van der Waals surface area contributed by atoms with Crippen LogP contribution in [0.25, 0.3) is 0 Å². The summed E-state index contributed by atoms with van der Waals surface area (Å²) in [5, 5.41) is 3.50. The molecule has 0 bridgehead atoms. The summed E-state index contributed by atoms with van der Waals surface area (Å²) in [6.07, 6.45) is 1.00. The molecule has 3 heteroatoms. The lowest BCUT2D eigenvalue weighted by Gasteiger charge is -2.19. The molecule has 0 amide bonds. The zero-order valence-corrected chi connectivity index (χ0v) is 13.6. The van der Waals surface area contributed by atoms with Crippen molar-refractivity contribution in [1.29, 1.82) is 0 Å². The van der Waals surface area contributed by atoms with Crippen molar-refractivity contribution in [2.75, 3.05) is 18.0 Å². The van der Waals surface area contributed by atoms with E-state index in [1.54, 1.807) is 0 Å². The van der Waals surface area contributed by atoms with E-state index in [9.17, 15) is 0 Å². The third kappa shape index (κ3) is 3.72. The number of hydrogen-bond donors (Lipinski definition) is 1. The number of nitrogens with zero attached hydrogens (tertiary/aromatic N) is 2. The minimum atomic E-state index is 0.517. The van der Waals surface area contributed by atoms with Crippen LogP contribution in [0.5, 0.6) is 0 Å². The van der Waals surface area contributed by atoms with Crippen LogP contribution in [0, 0.1) is 11.8 Å². The molecule has 1 aromatic rings. The second kappa shape index (κ2) is 6.57. The van der Waals surface area contributed by atoms with Gasteiger partial charge >= 0.3 is 0 Å². The average Bonchev–Trinajstić information content (AvgIpc) is 2.76. The fourth-order valence-electron chi connectivity index (χ4n) is 2.72. The molecule has 0 saturated carbocycles. The number of hydrogen-bond acceptors (Lipinski definition) is 3. The van der Waals surface area contributed by atoms with Crippen molar-refractivity contribution in [2.45, 2.75) is 53.6 Å². The van der Waals surface area contributed by atoms with Crippen LogP contribution in [0.2, 0.25) is 0 Å². The van der Waals surface area contributed by atoms with Gasteiger partial charge in [0.1, 0.15) is 5.82 Å². The number of aromatic nitrogens is 1. The Kier molecular flexibility index (Phi) is 5.03. The van der Waals surface area contributed by atoms with E-state index in [1.807, 2.05) is 0 Å². The maximum atomic E-state index is 4.83. The molecule has 0 radical (unpaired) electrons. The predicted octanol–water partition coefficient (Wildman–Crippen LogP) is 3.23. The molecular formula is C17H29N3. The van der Waals surface area contributed by atoms with Crippen LogP contribution in [0.3, 0.4) is 0 Å². The first kappa shape index (κ1) is 15.3. The summed E-state index contributed by atoms with van der Waals surface area (Å²) < 4.78 is 0. The Bertz CT molecular complexity index is 432. The molecule has 20 heavy (non-hydrogen) atoms. The summed E-state index contributed by atoms with van der Waals surface area (Å²) in [7, 11) is 0. The normalized spacial score (nSPS) is 22.8. The number of anilines is 1. The first-order valence-electron chi connectivity index (χ1n) is 7.97. The molecule has 0 aromatic carbocycles. The third-order valence-corrected chi connectivity index (χ3v) is 4.31. The predicted molar refractivity (Wildman–Crippen MR) is 86.1 cm³/mol. The molecule has 0 aliphatic carbocycles. The molecule has 1 saturated heterocycles. The van der Waals surface area contributed by atoms with Crippen molar-refractivity contribution >= 4 is 5.82 Å². The largest absolute Gasteiger partial charge is 0.356 e. The first-order valence-corrected chi connectivity index (χ1v) is 7.97. The van der Waals surface area contributed by atoms with E-state index in [2.05, 4.69) is 57.0 Å². The van der Waals surface area contributed by atoms with E-state index in [0.29, 0.717) is 6.04 Å². The highest BCUT2D eigenvalue weighted by Crippen LogP contribution is 2.27. The Morgan fingerprint density at radius 2 is 1.90 bits per heavy atom. The zero-order valence-electron chi connectivity index (χ0n) is 13.6. The molecule has 2 atom stereocenters. The van der Waals surface area contributed by atoms with Crippen LogP contribution in [-0.4, -0.2) is 24.1 Å². The number of aryl methyl sites for hydroxylation is 1. The summed E-state index contributed by atoms with van der Waals surface area (Å²) in [6.45, 7) is 14.4. The Morgan fingerprint density at radius 3 is 2.45 bits per heavy atom. The molecule has 112 valence electrons. The summed E-state index contributed by atoms with van der Waals surface area (Å²) >= 11 is 0. The lowest BCUT2D eigenvalue weighted by Crippen LogP contribution is -2.24. The molecule has 2 rings (SSSR count). The molecule has 3 nitrogen and oxygen atoms in total. The van der Waals surface area contributed by atoms with Crippen LogP contribution in [0.15, 0.2) is 12.1 Å². The lowest BCUT2D eigenvalue weighted by molar-refractivity contribution is 0.494. The van der Waals surface area contributed by atoms with Crippen molar-refractivity contribution in [3.63, 3.8) is 0 Å². The van der Waals surface area contributed by atoms with Gasteiger partial charge in [-0.3, -0.25) is 0 Å². The minimum Gasteiger partial charge on any atom is -0.356 e.